The fourth-order valence-electron chi connectivity index (χ4n) is 19.5. The number of hydrogen-bond donors (Lipinski definition) is 0. The van der Waals surface area contributed by atoms with E-state index in [2.05, 4.69) is 152 Å². The Morgan fingerprint density at radius 2 is 0.264 bits per heavy atom. The zero-order valence-corrected chi connectivity index (χ0v) is 91.5. The molecular weight excluding hydrogens is 1730 g/mol. The average Bonchev–Trinajstić information content (AvgIpc) is 0.776. The summed E-state index contributed by atoms with van der Waals surface area (Å²) in [5.41, 5.74) is 7.82. The molecule has 0 radical (unpaired) electrons. The van der Waals surface area contributed by atoms with Gasteiger partial charge < -0.3 is 56.8 Å². The highest BCUT2D eigenvalue weighted by atomic mass is 16.6. The van der Waals surface area contributed by atoms with E-state index in [1.54, 1.807) is 0 Å². The minimum Gasteiger partial charge on any atom is -0.490 e. The molecule has 0 atom stereocenters. The SMILES string of the molecule is CCCCCCCCCCCOc1ccc(-c2cc3c(cc2-c2ccc(OCCCCCCCCCCC)c(OCCCCCCCCCCC)c2)OCCOc2cc(-c4ccc(OCCCCCCCCCCC)c(OCCCCCCCCCCC)c4)c(-c4ccc(OCCCCCCCCCCC)c(OCCCCCCCCCCC)c4)cc2OCCO3)cc1OCCCCCCCCCCC. The van der Waals surface area contributed by atoms with Crippen LogP contribution in [0.5, 0.6) is 69.0 Å². The molecule has 0 aliphatic carbocycles. The average molecular weight is 1940 g/mol. The van der Waals surface area contributed by atoms with Gasteiger partial charge in [-0.1, -0.05) is 491 Å². The lowest BCUT2D eigenvalue weighted by atomic mass is 9.93. The maximum absolute atomic E-state index is 7.13. The van der Waals surface area contributed by atoms with Gasteiger partial charge in [-0.05, 0) is 169 Å². The highest BCUT2D eigenvalue weighted by molar-refractivity contribution is 5.89. The van der Waals surface area contributed by atoms with Crippen molar-refractivity contribution in [1.29, 1.82) is 0 Å². The number of unbranched alkanes of at least 4 members (excludes halogenated alkanes) is 64. The Labute approximate surface area is 859 Å². The Morgan fingerprint density at radius 3 is 0.400 bits per heavy atom. The zero-order valence-electron chi connectivity index (χ0n) is 91.5. The molecule has 6 aromatic rings. The molecule has 7 rings (SSSR count). The normalized spacial score (nSPS) is 12.1. The third-order valence-electron chi connectivity index (χ3n) is 28.4. The Hall–Kier alpha value is -7.08. The minimum absolute atomic E-state index is 0.217. The van der Waals surface area contributed by atoms with E-state index in [1.807, 2.05) is 0 Å². The van der Waals surface area contributed by atoms with Crippen molar-refractivity contribution in [2.45, 2.75) is 518 Å². The standard InChI is InChI=1S/C128H208O12/c1-9-17-25-33-41-49-57-65-73-89-129-117-85-81-109(101-121(117)133-93-77-69-61-53-45-37-29-21-13-5)113-105-125-126(106-114(113)110-82-86-118(130-90-74-66-58-50-42-34-26-18-10-2)122(102-110)134-94-78-70-62-54-46-38-30-22-14-6)138-99-100-140-128-108-116(112-84-88-120(132-92-76-68-60-52-44-36-28-20-12-4)124(104-112)136-96-80-72-64-56-48-40-32-24-16-8)115(107-127(128)139-98-97-137-125)111-83-87-119(131-91-75-67-59-51-43-35-27-19-11-3)123(103-111)135-95-79-71-63-55-47-39-31-23-15-7/h81-88,101-108H,9-80,89-100H2,1-8H3. The molecule has 12 heteroatoms. The van der Waals surface area contributed by atoms with Crippen LogP contribution in [-0.2, 0) is 0 Å². The van der Waals surface area contributed by atoms with E-state index < -0.39 is 0 Å². The molecule has 140 heavy (non-hydrogen) atoms. The summed E-state index contributed by atoms with van der Waals surface area (Å²) in [6, 6.07) is 35.0. The van der Waals surface area contributed by atoms with Crippen LogP contribution in [0.4, 0.5) is 0 Å². The van der Waals surface area contributed by atoms with Gasteiger partial charge in [-0.25, -0.2) is 0 Å². The predicted molar refractivity (Wildman–Crippen MR) is 598 cm³/mol. The lowest BCUT2D eigenvalue weighted by molar-refractivity contribution is 0.172. The van der Waals surface area contributed by atoms with Crippen LogP contribution in [-0.4, -0.2) is 79.3 Å². The van der Waals surface area contributed by atoms with Gasteiger partial charge >= 0.3 is 0 Å². The monoisotopic (exact) mass is 1940 g/mol. The summed E-state index contributed by atoms with van der Waals surface area (Å²) in [5, 5.41) is 0. The second-order valence-corrected chi connectivity index (χ2v) is 41.1. The van der Waals surface area contributed by atoms with Crippen molar-refractivity contribution in [3.63, 3.8) is 0 Å². The summed E-state index contributed by atoms with van der Waals surface area (Å²) in [6.07, 6.45) is 90.0. The molecule has 1 aliphatic rings. The van der Waals surface area contributed by atoms with Crippen molar-refractivity contribution >= 4 is 0 Å². The van der Waals surface area contributed by atoms with Crippen LogP contribution in [0.3, 0.4) is 0 Å². The molecule has 1 heterocycles. The van der Waals surface area contributed by atoms with Gasteiger partial charge in [0.2, 0.25) is 0 Å². The summed E-state index contributed by atoms with van der Waals surface area (Å²) in [4.78, 5) is 0. The maximum Gasteiger partial charge on any atom is 0.162 e. The fourth-order valence-corrected chi connectivity index (χ4v) is 19.5. The van der Waals surface area contributed by atoms with Gasteiger partial charge in [0.05, 0.1) is 52.9 Å². The van der Waals surface area contributed by atoms with Crippen molar-refractivity contribution in [1.82, 2.24) is 0 Å². The molecule has 12 nitrogen and oxygen atoms in total. The first kappa shape index (κ1) is 120. The highest BCUT2D eigenvalue weighted by Gasteiger charge is 2.25. The fraction of sp³-hybridized carbons (Fsp3) is 0.719. The minimum atomic E-state index is 0.217. The summed E-state index contributed by atoms with van der Waals surface area (Å²) in [6.45, 7) is 24.3. The van der Waals surface area contributed by atoms with E-state index >= 15 is 0 Å². The van der Waals surface area contributed by atoms with Crippen molar-refractivity contribution in [3.05, 3.63) is 97.1 Å². The number of hydrogen-bond acceptors (Lipinski definition) is 12. The Bertz CT molecular complexity index is 3440. The van der Waals surface area contributed by atoms with Gasteiger partial charge in [-0.2, -0.15) is 0 Å². The molecule has 0 saturated heterocycles. The van der Waals surface area contributed by atoms with E-state index in [-0.39, 0.29) is 26.4 Å². The third kappa shape index (κ3) is 53.7. The van der Waals surface area contributed by atoms with Crippen LogP contribution in [0.1, 0.15) is 518 Å². The lowest BCUT2D eigenvalue weighted by Crippen LogP contribution is -2.15. The number of ether oxygens (including phenoxy) is 12. The molecule has 6 aromatic carbocycles. The molecule has 0 fully saturated rings. The van der Waals surface area contributed by atoms with Crippen LogP contribution in [0.25, 0.3) is 44.5 Å². The number of fused-ring (bicyclic) bond motifs is 2. The van der Waals surface area contributed by atoms with Crippen LogP contribution in [0.15, 0.2) is 97.1 Å². The van der Waals surface area contributed by atoms with Gasteiger partial charge in [0.1, 0.15) is 26.4 Å². The number of rotatable bonds is 92. The smallest absolute Gasteiger partial charge is 0.162 e. The number of benzene rings is 6. The van der Waals surface area contributed by atoms with Crippen molar-refractivity contribution in [3.8, 4) is 114 Å². The van der Waals surface area contributed by atoms with Crippen LogP contribution in [0, 0.1) is 0 Å². The molecule has 0 amide bonds. The molecule has 0 saturated carbocycles. The maximum atomic E-state index is 7.13. The van der Waals surface area contributed by atoms with Gasteiger partial charge in [0, 0.05) is 0 Å². The van der Waals surface area contributed by atoms with E-state index in [9.17, 15) is 0 Å². The van der Waals surface area contributed by atoms with Crippen LogP contribution < -0.4 is 56.8 Å². The molecule has 0 spiro atoms. The van der Waals surface area contributed by atoms with Gasteiger partial charge in [0.25, 0.3) is 0 Å². The Morgan fingerprint density at radius 1 is 0.143 bits per heavy atom. The first-order valence-electron chi connectivity index (χ1n) is 59.8. The van der Waals surface area contributed by atoms with Gasteiger partial charge in [-0.15, -0.1) is 0 Å². The predicted octanol–water partition coefficient (Wildman–Crippen LogP) is 40.9. The van der Waals surface area contributed by atoms with Crippen LogP contribution >= 0.6 is 0 Å². The van der Waals surface area contributed by atoms with Crippen molar-refractivity contribution in [2.75, 3.05) is 79.3 Å². The lowest BCUT2D eigenvalue weighted by Gasteiger charge is -2.23. The summed E-state index contributed by atoms with van der Waals surface area (Å²) < 4.78 is 83.6. The topological polar surface area (TPSA) is 111 Å². The van der Waals surface area contributed by atoms with E-state index in [0.29, 0.717) is 75.9 Å². The van der Waals surface area contributed by atoms with E-state index in [1.165, 1.54) is 360 Å². The second-order valence-electron chi connectivity index (χ2n) is 41.1. The first-order valence-corrected chi connectivity index (χ1v) is 59.8. The van der Waals surface area contributed by atoms with Crippen LogP contribution in [0.2, 0.25) is 0 Å². The van der Waals surface area contributed by atoms with Gasteiger partial charge in [-0.3, -0.25) is 0 Å². The summed E-state index contributed by atoms with van der Waals surface area (Å²) in [5.74, 6) is 8.65. The van der Waals surface area contributed by atoms with E-state index in [4.69, 9.17) is 56.8 Å². The van der Waals surface area contributed by atoms with Gasteiger partial charge in [0.15, 0.2) is 69.0 Å². The molecule has 0 bridgehead atoms. The quantitative estimate of drug-likeness (QED) is 0.0339. The van der Waals surface area contributed by atoms with E-state index in [0.717, 1.165) is 193 Å². The Kier molecular flexibility index (Phi) is 71.2. The molecule has 0 N–H and O–H groups in total. The summed E-state index contributed by atoms with van der Waals surface area (Å²) in [7, 11) is 0. The first-order chi connectivity index (χ1) is 69.4. The highest BCUT2D eigenvalue weighted by Crippen LogP contribution is 2.49. The molecular formula is C128H208O12. The molecule has 1 aliphatic heterocycles. The third-order valence-corrected chi connectivity index (χ3v) is 28.4. The molecule has 0 aromatic heterocycles. The van der Waals surface area contributed by atoms with Crippen molar-refractivity contribution < 1.29 is 56.8 Å². The molecule has 0 unspecified atom stereocenters. The zero-order chi connectivity index (χ0) is 98.7. The Balaban J connectivity index is 1.31. The largest absolute Gasteiger partial charge is 0.490 e. The second kappa shape index (κ2) is 83.1. The van der Waals surface area contributed by atoms with Crippen molar-refractivity contribution in [2.24, 2.45) is 0 Å². The molecule has 792 valence electrons. The summed E-state index contributed by atoms with van der Waals surface area (Å²) >= 11 is 0.